The molecule has 1 fully saturated rings. The molecule has 5 heteroatoms. The van der Waals surface area contributed by atoms with Gasteiger partial charge >= 0.3 is 0 Å². The second-order valence-corrected chi connectivity index (χ2v) is 4.67. The highest BCUT2D eigenvalue weighted by Crippen LogP contribution is 2.30. The van der Waals surface area contributed by atoms with Crippen molar-refractivity contribution in [1.82, 2.24) is 9.97 Å². The molecular weight excluding hydrogens is 233 g/mol. The quantitative estimate of drug-likeness (QED) is 0.841. The van der Waals surface area contributed by atoms with Gasteiger partial charge in [0.2, 0.25) is 0 Å². The molecule has 18 heavy (non-hydrogen) atoms. The number of hydrogen-bond acceptors (Lipinski definition) is 4. The molecule has 1 N–H and O–H groups in total. The van der Waals surface area contributed by atoms with Gasteiger partial charge in [-0.3, -0.25) is 0 Å². The Balaban J connectivity index is 2.23. The van der Waals surface area contributed by atoms with Gasteiger partial charge in [0.15, 0.2) is 11.6 Å². The van der Waals surface area contributed by atoms with Crippen LogP contribution in [0.3, 0.4) is 0 Å². The van der Waals surface area contributed by atoms with Crippen molar-refractivity contribution >= 4 is 5.82 Å². The largest absolute Gasteiger partial charge is 0.396 e. The number of halogens is 1. The van der Waals surface area contributed by atoms with Crippen LogP contribution in [0, 0.1) is 5.82 Å². The first kappa shape index (κ1) is 13.2. The SMILES string of the molecule is CCc1ncnc(N(CCCO)C2CCC2)c1F. The van der Waals surface area contributed by atoms with Gasteiger partial charge in [0.1, 0.15) is 6.33 Å². The molecule has 0 unspecified atom stereocenters. The van der Waals surface area contributed by atoms with Crippen molar-refractivity contribution in [1.29, 1.82) is 0 Å². The van der Waals surface area contributed by atoms with Crippen molar-refractivity contribution in [2.45, 2.75) is 45.1 Å². The Hall–Kier alpha value is -1.23. The Kier molecular flexibility index (Phi) is 4.47. The molecule has 0 radical (unpaired) electrons. The molecule has 1 aromatic rings. The zero-order valence-corrected chi connectivity index (χ0v) is 10.8. The van der Waals surface area contributed by atoms with Crippen LogP contribution in [0.1, 0.15) is 38.3 Å². The van der Waals surface area contributed by atoms with Gasteiger partial charge in [-0.25, -0.2) is 14.4 Å². The molecule has 0 spiro atoms. The van der Waals surface area contributed by atoms with E-state index in [4.69, 9.17) is 5.11 Å². The maximum absolute atomic E-state index is 14.2. The van der Waals surface area contributed by atoms with Gasteiger partial charge in [-0.1, -0.05) is 6.92 Å². The molecule has 100 valence electrons. The summed E-state index contributed by atoms with van der Waals surface area (Å²) >= 11 is 0. The predicted molar refractivity (Wildman–Crippen MR) is 68.1 cm³/mol. The number of rotatable bonds is 6. The molecule has 4 nitrogen and oxygen atoms in total. The summed E-state index contributed by atoms with van der Waals surface area (Å²) in [6.07, 6.45) is 5.99. The molecule has 2 rings (SSSR count). The van der Waals surface area contributed by atoms with Gasteiger partial charge in [0.25, 0.3) is 0 Å². The highest BCUT2D eigenvalue weighted by Gasteiger charge is 2.28. The number of aliphatic hydroxyl groups is 1. The van der Waals surface area contributed by atoms with Crippen molar-refractivity contribution in [3.8, 4) is 0 Å². The number of anilines is 1. The maximum Gasteiger partial charge on any atom is 0.187 e. The Morgan fingerprint density at radius 2 is 2.22 bits per heavy atom. The molecule has 0 aromatic carbocycles. The smallest absolute Gasteiger partial charge is 0.187 e. The summed E-state index contributed by atoms with van der Waals surface area (Å²) in [6, 6.07) is 0.366. The third kappa shape index (κ3) is 2.61. The van der Waals surface area contributed by atoms with Gasteiger partial charge in [0.05, 0.1) is 5.69 Å². The lowest BCUT2D eigenvalue weighted by atomic mass is 9.91. The fraction of sp³-hybridized carbons (Fsp3) is 0.692. The van der Waals surface area contributed by atoms with Gasteiger partial charge in [-0.15, -0.1) is 0 Å². The molecule has 1 saturated carbocycles. The first-order valence-electron chi connectivity index (χ1n) is 6.64. The van der Waals surface area contributed by atoms with E-state index in [0.29, 0.717) is 36.9 Å². The Labute approximate surface area is 107 Å². The standard InChI is InChI=1S/C13H20FN3O/c1-2-11-12(14)13(16-9-15-11)17(7-4-8-18)10-5-3-6-10/h9-10,18H,2-8H2,1H3. The highest BCUT2D eigenvalue weighted by molar-refractivity contribution is 5.42. The summed E-state index contributed by atoms with van der Waals surface area (Å²) in [5.74, 6) is 0.102. The molecule has 1 heterocycles. The van der Waals surface area contributed by atoms with Gasteiger partial charge in [-0.2, -0.15) is 0 Å². The van der Waals surface area contributed by atoms with E-state index < -0.39 is 0 Å². The topological polar surface area (TPSA) is 49.2 Å². The fourth-order valence-corrected chi connectivity index (χ4v) is 2.24. The summed E-state index contributed by atoms with van der Waals surface area (Å²) in [4.78, 5) is 10.1. The normalized spacial score (nSPS) is 15.5. The lowest BCUT2D eigenvalue weighted by Crippen LogP contribution is -2.42. The zero-order chi connectivity index (χ0) is 13.0. The molecule has 0 bridgehead atoms. The van der Waals surface area contributed by atoms with Crippen molar-refractivity contribution < 1.29 is 9.50 Å². The highest BCUT2D eigenvalue weighted by atomic mass is 19.1. The van der Waals surface area contributed by atoms with Crippen molar-refractivity contribution in [3.05, 3.63) is 17.8 Å². The van der Waals surface area contributed by atoms with E-state index in [1.54, 1.807) is 0 Å². The lowest BCUT2D eigenvalue weighted by molar-refractivity contribution is 0.282. The van der Waals surface area contributed by atoms with Crippen molar-refractivity contribution in [3.63, 3.8) is 0 Å². The summed E-state index contributed by atoms with van der Waals surface area (Å²) in [5.41, 5.74) is 0.466. The molecule has 0 amide bonds. The predicted octanol–water partition coefficient (Wildman–Crippen LogP) is 1.92. The van der Waals surface area contributed by atoms with Crippen LogP contribution in [-0.2, 0) is 6.42 Å². The van der Waals surface area contributed by atoms with Gasteiger partial charge < -0.3 is 10.0 Å². The Bertz CT molecular complexity index is 396. The van der Waals surface area contributed by atoms with Crippen LogP contribution in [0.2, 0.25) is 0 Å². The molecule has 1 aromatic heterocycles. The first-order chi connectivity index (χ1) is 8.77. The van der Waals surface area contributed by atoms with Crippen LogP contribution in [-0.4, -0.2) is 34.3 Å². The molecule has 0 atom stereocenters. The van der Waals surface area contributed by atoms with Crippen LogP contribution in [0.25, 0.3) is 0 Å². The Morgan fingerprint density at radius 3 is 2.78 bits per heavy atom. The third-order valence-electron chi connectivity index (χ3n) is 3.52. The number of hydrogen-bond donors (Lipinski definition) is 1. The number of aryl methyl sites for hydroxylation is 1. The van der Waals surface area contributed by atoms with E-state index in [2.05, 4.69) is 9.97 Å². The minimum Gasteiger partial charge on any atom is -0.396 e. The minimum absolute atomic E-state index is 0.122. The summed E-state index contributed by atoms with van der Waals surface area (Å²) in [5, 5.41) is 8.95. The number of aliphatic hydroxyl groups excluding tert-OH is 1. The van der Waals surface area contributed by atoms with Crippen LogP contribution in [0.5, 0.6) is 0 Å². The van der Waals surface area contributed by atoms with Crippen molar-refractivity contribution in [2.75, 3.05) is 18.1 Å². The fourth-order valence-electron chi connectivity index (χ4n) is 2.24. The minimum atomic E-state index is -0.301. The average molecular weight is 253 g/mol. The van der Waals surface area contributed by atoms with E-state index in [-0.39, 0.29) is 12.4 Å². The van der Waals surface area contributed by atoms with Gasteiger partial charge in [-0.05, 0) is 32.1 Å². The second-order valence-electron chi connectivity index (χ2n) is 4.67. The molecular formula is C13H20FN3O. The second kappa shape index (κ2) is 6.09. The van der Waals surface area contributed by atoms with E-state index in [9.17, 15) is 4.39 Å². The number of nitrogens with zero attached hydrogens (tertiary/aromatic N) is 3. The molecule has 1 aliphatic carbocycles. The summed E-state index contributed by atoms with van der Waals surface area (Å²) in [7, 11) is 0. The number of aromatic nitrogens is 2. The van der Waals surface area contributed by atoms with Crippen LogP contribution >= 0.6 is 0 Å². The van der Waals surface area contributed by atoms with Crippen LogP contribution in [0.4, 0.5) is 10.2 Å². The Morgan fingerprint density at radius 1 is 1.44 bits per heavy atom. The van der Waals surface area contributed by atoms with E-state index in [1.807, 2.05) is 11.8 Å². The monoisotopic (exact) mass is 253 g/mol. The van der Waals surface area contributed by atoms with Gasteiger partial charge in [0, 0.05) is 19.2 Å². The van der Waals surface area contributed by atoms with E-state index >= 15 is 0 Å². The first-order valence-corrected chi connectivity index (χ1v) is 6.64. The van der Waals surface area contributed by atoms with Crippen molar-refractivity contribution in [2.24, 2.45) is 0 Å². The molecule has 0 aliphatic heterocycles. The maximum atomic E-state index is 14.2. The van der Waals surface area contributed by atoms with Crippen LogP contribution < -0.4 is 4.90 Å². The average Bonchev–Trinajstić information content (AvgIpc) is 2.32. The third-order valence-corrected chi connectivity index (χ3v) is 3.52. The zero-order valence-electron chi connectivity index (χ0n) is 10.8. The molecule has 1 aliphatic rings. The van der Waals surface area contributed by atoms with E-state index in [1.165, 1.54) is 12.7 Å². The summed E-state index contributed by atoms with van der Waals surface area (Å²) in [6.45, 7) is 2.66. The van der Waals surface area contributed by atoms with E-state index in [0.717, 1.165) is 12.8 Å². The lowest BCUT2D eigenvalue weighted by Gasteiger charge is -2.38. The summed E-state index contributed by atoms with van der Waals surface area (Å²) < 4.78 is 14.2. The van der Waals surface area contributed by atoms with Crippen LogP contribution in [0.15, 0.2) is 6.33 Å². The molecule has 0 saturated heterocycles.